The molecule has 1 aromatic carbocycles. The van der Waals surface area contributed by atoms with E-state index in [-0.39, 0.29) is 38.1 Å². The molecule has 0 amide bonds. The van der Waals surface area contributed by atoms with Gasteiger partial charge < -0.3 is 0 Å². The molecule has 11 heavy (non-hydrogen) atoms. The maximum Gasteiger partial charge on any atom is 0 e. The summed E-state index contributed by atoms with van der Waals surface area (Å²) in [6.07, 6.45) is 0. The minimum absolute atomic E-state index is 0. The molecular formula is C10H13Y-. The van der Waals surface area contributed by atoms with Crippen molar-refractivity contribution in [2.45, 2.75) is 26.2 Å². The predicted molar refractivity (Wildman–Crippen MR) is 44.0 cm³/mol. The van der Waals surface area contributed by atoms with Crippen LogP contribution in [-0.2, 0) is 38.1 Å². The van der Waals surface area contributed by atoms with Gasteiger partial charge in [-0.2, -0.15) is 35.9 Å². The van der Waals surface area contributed by atoms with Gasteiger partial charge in [-0.15, -0.1) is 0 Å². The Bertz CT molecular complexity index is 196. The van der Waals surface area contributed by atoms with E-state index in [0.717, 1.165) is 0 Å². The Labute approximate surface area is 94.3 Å². The molecule has 0 fully saturated rings. The Morgan fingerprint density at radius 3 is 2.09 bits per heavy atom. The first-order valence-corrected chi connectivity index (χ1v) is 3.58. The molecule has 0 spiro atoms. The zero-order valence-corrected chi connectivity index (χ0v) is 10.2. The second-order valence-corrected chi connectivity index (χ2v) is 3.53. The third-order valence-corrected chi connectivity index (χ3v) is 1.52. The molecule has 1 aromatic rings. The standard InChI is InChI=1S/C10H13.Y/c1-10(2,3)9-7-5-4-6-8-9;/h4-7H,1-3H3;/q-1;. The van der Waals surface area contributed by atoms with Crippen molar-refractivity contribution in [2.75, 3.05) is 0 Å². The van der Waals surface area contributed by atoms with E-state index in [2.05, 4.69) is 39.0 Å². The number of rotatable bonds is 0. The molecule has 0 atom stereocenters. The Kier molecular flexibility index (Phi) is 4.50. The SMILES string of the molecule is CC(C)(C)c1[c-]cccc1.[Y]. The number of hydrogen-bond donors (Lipinski definition) is 0. The van der Waals surface area contributed by atoms with E-state index in [9.17, 15) is 0 Å². The third kappa shape index (κ3) is 3.49. The van der Waals surface area contributed by atoms with Gasteiger partial charge >= 0.3 is 0 Å². The van der Waals surface area contributed by atoms with Crippen molar-refractivity contribution in [1.82, 2.24) is 0 Å². The smallest absolute Gasteiger partial charge is 0 e. The van der Waals surface area contributed by atoms with Crippen LogP contribution in [0.25, 0.3) is 0 Å². The van der Waals surface area contributed by atoms with Crippen LogP contribution < -0.4 is 0 Å². The molecule has 0 unspecified atom stereocenters. The van der Waals surface area contributed by atoms with E-state index in [1.54, 1.807) is 0 Å². The van der Waals surface area contributed by atoms with Crippen LogP contribution in [0, 0.1) is 6.07 Å². The Morgan fingerprint density at radius 1 is 1.18 bits per heavy atom. The molecule has 1 radical (unpaired) electrons. The van der Waals surface area contributed by atoms with Gasteiger partial charge in [-0.05, 0) is 5.41 Å². The van der Waals surface area contributed by atoms with Crippen molar-refractivity contribution < 1.29 is 32.7 Å². The second-order valence-electron chi connectivity index (χ2n) is 3.53. The molecular weight excluding hydrogens is 209 g/mol. The van der Waals surface area contributed by atoms with Gasteiger partial charge in [0.05, 0.1) is 0 Å². The normalized spacial score (nSPS) is 10.5. The van der Waals surface area contributed by atoms with E-state index in [1.807, 2.05) is 12.1 Å². The fraction of sp³-hybridized carbons (Fsp3) is 0.400. The van der Waals surface area contributed by atoms with Crippen LogP contribution in [0.1, 0.15) is 26.3 Å². The number of benzene rings is 1. The van der Waals surface area contributed by atoms with E-state index < -0.39 is 0 Å². The fourth-order valence-electron chi connectivity index (χ4n) is 0.860. The molecule has 0 heterocycles. The monoisotopic (exact) mass is 222 g/mol. The molecule has 0 saturated carbocycles. The summed E-state index contributed by atoms with van der Waals surface area (Å²) in [5, 5.41) is 0. The molecule has 0 aliphatic carbocycles. The van der Waals surface area contributed by atoms with Gasteiger partial charge in [-0.1, -0.05) is 20.8 Å². The number of hydrogen-bond acceptors (Lipinski definition) is 0. The van der Waals surface area contributed by atoms with Crippen molar-refractivity contribution in [1.29, 1.82) is 0 Å². The molecule has 0 bridgehead atoms. The van der Waals surface area contributed by atoms with Gasteiger partial charge in [0.25, 0.3) is 0 Å². The van der Waals surface area contributed by atoms with Crippen molar-refractivity contribution >= 4 is 0 Å². The van der Waals surface area contributed by atoms with Gasteiger partial charge in [-0.25, -0.2) is 0 Å². The summed E-state index contributed by atoms with van der Waals surface area (Å²) in [4.78, 5) is 0. The summed E-state index contributed by atoms with van der Waals surface area (Å²) >= 11 is 0. The maximum absolute atomic E-state index is 3.21. The summed E-state index contributed by atoms with van der Waals surface area (Å²) in [5.41, 5.74) is 1.51. The van der Waals surface area contributed by atoms with Crippen molar-refractivity contribution in [3.05, 3.63) is 35.9 Å². The van der Waals surface area contributed by atoms with Gasteiger partial charge in [0, 0.05) is 32.7 Å². The largest absolute Gasteiger partial charge is 0.180 e. The van der Waals surface area contributed by atoms with Gasteiger partial charge in [0.2, 0.25) is 0 Å². The first kappa shape index (κ1) is 11.3. The molecule has 0 aliphatic heterocycles. The minimum Gasteiger partial charge on any atom is -0.180 e. The van der Waals surface area contributed by atoms with Gasteiger partial charge in [0.15, 0.2) is 0 Å². The van der Waals surface area contributed by atoms with Crippen LogP contribution in [0.3, 0.4) is 0 Å². The first-order valence-electron chi connectivity index (χ1n) is 3.58. The van der Waals surface area contributed by atoms with Crippen LogP contribution in [0.15, 0.2) is 24.3 Å². The molecule has 57 valence electrons. The molecule has 1 heteroatoms. The summed E-state index contributed by atoms with van der Waals surface area (Å²) in [6.45, 7) is 6.58. The topological polar surface area (TPSA) is 0 Å². The van der Waals surface area contributed by atoms with E-state index in [0.29, 0.717) is 0 Å². The average molecular weight is 222 g/mol. The Morgan fingerprint density at radius 2 is 1.82 bits per heavy atom. The van der Waals surface area contributed by atoms with Crippen LogP contribution in [0.4, 0.5) is 0 Å². The Hall–Kier alpha value is 0.324. The average Bonchev–Trinajstić information content (AvgIpc) is 1.88. The van der Waals surface area contributed by atoms with E-state index in [1.165, 1.54) is 5.56 Å². The van der Waals surface area contributed by atoms with Gasteiger partial charge in [-0.3, -0.25) is 0 Å². The summed E-state index contributed by atoms with van der Waals surface area (Å²) < 4.78 is 0. The van der Waals surface area contributed by atoms with E-state index in [4.69, 9.17) is 0 Å². The van der Waals surface area contributed by atoms with Crippen molar-refractivity contribution in [2.24, 2.45) is 0 Å². The van der Waals surface area contributed by atoms with Crippen molar-refractivity contribution in [3.8, 4) is 0 Å². The molecule has 0 N–H and O–H groups in total. The molecule has 0 saturated heterocycles. The van der Waals surface area contributed by atoms with Crippen molar-refractivity contribution in [3.63, 3.8) is 0 Å². The third-order valence-electron chi connectivity index (χ3n) is 1.52. The molecule has 1 rings (SSSR count). The maximum atomic E-state index is 3.21. The first-order chi connectivity index (χ1) is 4.61. The second kappa shape index (κ2) is 4.37. The van der Waals surface area contributed by atoms with Crippen LogP contribution in [-0.4, -0.2) is 0 Å². The van der Waals surface area contributed by atoms with Crippen LogP contribution in [0.2, 0.25) is 0 Å². The summed E-state index contributed by atoms with van der Waals surface area (Å²) in [7, 11) is 0. The minimum atomic E-state index is 0. The fourth-order valence-corrected chi connectivity index (χ4v) is 0.860. The predicted octanol–water partition coefficient (Wildman–Crippen LogP) is 2.78. The molecule has 0 aromatic heterocycles. The zero-order valence-electron chi connectivity index (χ0n) is 7.39. The molecule has 0 nitrogen and oxygen atoms in total. The quantitative estimate of drug-likeness (QED) is 0.592. The van der Waals surface area contributed by atoms with Crippen LogP contribution in [0.5, 0.6) is 0 Å². The summed E-state index contributed by atoms with van der Waals surface area (Å²) in [6, 6.07) is 11.3. The molecule has 0 aliphatic rings. The summed E-state index contributed by atoms with van der Waals surface area (Å²) in [5.74, 6) is 0. The van der Waals surface area contributed by atoms with E-state index >= 15 is 0 Å². The van der Waals surface area contributed by atoms with Gasteiger partial charge in [0.1, 0.15) is 0 Å². The van der Waals surface area contributed by atoms with Crippen LogP contribution >= 0.6 is 0 Å². The Balaban J connectivity index is 0.000001000. The zero-order chi connectivity index (χ0) is 7.61.